The van der Waals surface area contributed by atoms with E-state index >= 15 is 0 Å². The lowest BCUT2D eigenvalue weighted by Gasteiger charge is -2.18. The lowest BCUT2D eigenvalue weighted by Crippen LogP contribution is -2.31. The van der Waals surface area contributed by atoms with Crippen molar-refractivity contribution in [1.29, 1.82) is 0 Å². The van der Waals surface area contributed by atoms with Crippen LogP contribution in [0.1, 0.15) is 26.3 Å². The van der Waals surface area contributed by atoms with E-state index in [1.165, 1.54) is 6.92 Å². The van der Waals surface area contributed by atoms with Crippen LogP contribution in [0, 0.1) is 0 Å². The molecule has 1 aliphatic rings. The van der Waals surface area contributed by atoms with Gasteiger partial charge in [-0.15, -0.1) is 0 Å². The van der Waals surface area contributed by atoms with E-state index in [1.807, 2.05) is 44.2 Å². The Morgan fingerprint density at radius 1 is 1.15 bits per heavy atom. The van der Waals surface area contributed by atoms with Gasteiger partial charge in [0.1, 0.15) is 5.60 Å². The maximum atomic E-state index is 12.1. The Morgan fingerprint density at radius 3 is 2.63 bits per heavy atom. The minimum Gasteiger partial charge on any atom is -0.483 e. The van der Waals surface area contributed by atoms with Gasteiger partial charge in [-0.1, -0.05) is 30.3 Å². The summed E-state index contributed by atoms with van der Waals surface area (Å²) >= 11 is 0. The van der Waals surface area contributed by atoms with Crippen molar-refractivity contribution in [2.75, 3.05) is 11.9 Å². The number of esters is 1. The Balaban J connectivity index is 1.52. The molecule has 0 aromatic heterocycles. The number of hydrogen-bond acceptors (Lipinski definition) is 5. The van der Waals surface area contributed by atoms with E-state index in [9.17, 15) is 9.59 Å². The van der Waals surface area contributed by atoms with Crippen LogP contribution in [0.4, 0.5) is 5.69 Å². The largest absolute Gasteiger partial charge is 0.483 e. The Morgan fingerprint density at radius 2 is 1.89 bits per heavy atom. The second-order valence-corrected chi connectivity index (χ2v) is 7.06. The summed E-state index contributed by atoms with van der Waals surface area (Å²) < 4.78 is 16.6. The second kappa shape index (κ2) is 7.70. The monoisotopic (exact) mass is 369 g/mol. The van der Waals surface area contributed by atoms with Gasteiger partial charge in [0.2, 0.25) is 0 Å². The molecule has 1 aliphatic heterocycles. The lowest BCUT2D eigenvalue weighted by molar-refractivity contribution is -0.155. The molecule has 1 heterocycles. The molecular formula is C21H23NO5. The maximum absolute atomic E-state index is 12.1. The van der Waals surface area contributed by atoms with E-state index in [2.05, 4.69) is 5.32 Å². The number of ether oxygens (including phenoxy) is 3. The van der Waals surface area contributed by atoms with Crippen molar-refractivity contribution in [3.05, 3.63) is 54.1 Å². The third-order valence-electron chi connectivity index (χ3n) is 4.12. The number of anilines is 1. The Labute approximate surface area is 158 Å². The van der Waals surface area contributed by atoms with Crippen LogP contribution < -0.4 is 14.8 Å². The topological polar surface area (TPSA) is 73.9 Å². The van der Waals surface area contributed by atoms with Gasteiger partial charge in [-0.2, -0.15) is 0 Å². The van der Waals surface area contributed by atoms with Crippen molar-refractivity contribution in [2.24, 2.45) is 0 Å². The first-order valence-electron chi connectivity index (χ1n) is 8.83. The van der Waals surface area contributed by atoms with Crippen LogP contribution in [0.2, 0.25) is 0 Å². The zero-order valence-electron chi connectivity index (χ0n) is 15.7. The molecule has 0 saturated heterocycles. The van der Waals surface area contributed by atoms with Gasteiger partial charge in [-0.05, 0) is 39.0 Å². The summed E-state index contributed by atoms with van der Waals surface area (Å²) in [4.78, 5) is 24.1. The fraction of sp³-hybridized carbons (Fsp3) is 0.333. The predicted molar refractivity (Wildman–Crippen MR) is 101 cm³/mol. The van der Waals surface area contributed by atoms with E-state index in [0.29, 0.717) is 17.2 Å². The molecule has 1 N–H and O–H groups in total. The fourth-order valence-corrected chi connectivity index (χ4v) is 2.89. The third-order valence-corrected chi connectivity index (χ3v) is 4.12. The van der Waals surface area contributed by atoms with Gasteiger partial charge in [0.05, 0.1) is 0 Å². The molecule has 3 rings (SSSR count). The van der Waals surface area contributed by atoms with Crippen molar-refractivity contribution in [3.8, 4) is 11.5 Å². The fourth-order valence-electron chi connectivity index (χ4n) is 2.89. The first-order valence-corrected chi connectivity index (χ1v) is 8.83. The molecule has 0 radical (unpaired) electrons. The SMILES string of the molecule is C[C@@H](OC(=O)COc1cccc2c1OC(C)(C)C2)C(=O)Nc1ccccc1. The predicted octanol–water partition coefficient (Wildman–Crippen LogP) is 3.35. The molecule has 142 valence electrons. The molecular weight excluding hydrogens is 346 g/mol. The van der Waals surface area contributed by atoms with Crippen molar-refractivity contribution >= 4 is 17.6 Å². The molecule has 0 spiro atoms. The molecule has 0 unspecified atom stereocenters. The summed E-state index contributed by atoms with van der Waals surface area (Å²) in [6, 6.07) is 14.6. The summed E-state index contributed by atoms with van der Waals surface area (Å²) in [5.74, 6) is 0.127. The number of carbonyl (C=O) groups excluding carboxylic acids is 2. The highest BCUT2D eigenvalue weighted by Gasteiger charge is 2.32. The van der Waals surface area contributed by atoms with Crippen molar-refractivity contribution in [2.45, 2.75) is 38.9 Å². The molecule has 0 saturated carbocycles. The van der Waals surface area contributed by atoms with Crippen LogP contribution in [-0.2, 0) is 20.7 Å². The van der Waals surface area contributed by atoms with Crippen molar-refractivity contribution in [1.82, 2.24) is 0 Å². The minimum absolute atomic E-state index is 0.299. The Bertz CT molecular complexity index is 832. The molecule has 2 aromatic rings. The smallest absolute Gasteiger partial charge is 0.344 e. The van der Waals surface area contributed by atoms with Crippen LogP contribution >= 0.6 is 0 Å². The highest BCUT2D eigenvalue weighted by molar-refractivity contribution is 5.95. The maximum Gasteiger partial charge on any atom is 0.344 e. The van der Waals surface area contributed by atoms with Crippen LogP contribution in [0.3, 0.4) is 0 Å². The first kappa shape index (κ1) is 18.8. The zero-order chi connectivity index (χ0) is 19.4. The Hall–Kier alpha value is -3.02. The molecule has 1 amide bonds. The molecule has 1 atom stereocenters. The van der Waals surface area contributed by atoms with Crippen LogP contribution in [-0.4, -0.2) is 30.2 Å². The second-order valence-electron chi connectivity index (χ2n) is 7.06. The van der Waals surface area contributed by atoms with Crippen molar-refractivity contribution in [3.63, 3.8) is 0 Å². The van der Waals surface area contributed by atoms with E-state index in [1.54, 1.807) is 18.2 Å². The average molecular weight is 369 g/mol. The lowest BCUT2D eigenvalue weighted by atomic mass is 10.0. The van der Waals surface area contributed by atoms with Crippen LogP contribution in [0.5, 0.6) is 11.5 Å². The molecule has 6 heteroatoms. The summed E-state index contributed by atoms with van der Waals surface area (Å²) in [5.41, 5.74) is 1.38. The molecule has 2 aromatic carbocycles. The highest BCUT2D eigenvalue weighted by atomic mass is 16.6. The van der Waals surface area contributed by atoms with Gasteiger partial charge in [0.15, 0.2) is 24.2 Å². The van der Waals surface area contributed by atoms with Gasteiger partial charge in [-0.25, -0.2) is 4.79 Å². The summed E-state index contributed by atoms with van der Waals surface area (Å²) in [6.07, 6.45) is -0.154. The Kier molecular flexibility index (Phi) is 5.35. The minimum atomic E-state index is -0.932. The van der Waals surface area contributed by atoms with Gasteiger partial charge in [-0.3, -0.25) is 4.79 Å². The number of hydrogen-bond donors (Lipinski definition) is 1. The standard InChI is InChI=1S/C21H23NO5/c1-14(20(24)22-16-9-5-4-6-10-16)26-18(23)13-25-17-11-7-8-15-12-21(2,3)27-19(15)17/h4-11,14H,12-13H2,1-3H3,(H,22,24)/t14-/m1/s1. The quantitative estimate of drug-likeness (QED) is 0.791. The molecule has 6 nitrogen and oxygen atoms in total. The van der Waals surface area contributed by atoms with Crippen LogP contribution in [0.15, 0.2) is 48.5 Å². The number of amides is 1. The normalized spacial score (nSPS) is 15.2. The van der Waals surface area contributed by atoms with Gasteiger partial charge >= 0.3 is 5.97 Å². The van der Waals surface area contributed by atoms with Crippen molar-refractivity contribution < 1.29 is 23.8 Å². The number of nitrogens with one attached hydrogen (secondary N) is 1. The molecule has 0 fully saturated rings. The first-order chi connectivity index (χ1) is 12.8. The summed E-state index contributed by atoms with van der Waals surface area (Å²) in [7, 11) is 0. The number of carbonyl (C=O) groups is 2. The zero-order valence-corrected chi connectivity index (χ0v) is 15.7. The number of para-hydroxylation sites is 2. The van der Waals surface area contributed by atoms with E-state index in [4.69, 9.17) is 14.2 Å². The van der Waals surface area contributed by atoms with E-state index in [-0.39, 0.29) is 12.2 Å². The molecule has 0 aliphatic carbocycles. The summed E-state index contributed by atoms with van der Waals surface area (Å²) in [5, 5.41) is 2.69. The highest BCUT2D eigenvalue weighted by Crippen LogP contribution is 2.41. The van der Waals surface area contributed by atoms with E-state index in [0.717, 1.165) is 12.0 Å². The van der Waals surface area contributed by atoms with Gasteiger partial charge in [0.25, 0.3) is 5.91 Å². The van der Waals surface area contributed by atoms with Gasteiger partial charge in [0, 0.05) is 17.7 Å². The van der Waals surface area contributed by atoms with E-state index < -0.39 is 18.0 Å². The number of benzene rings is 2. The molecule has 27 heavy (non-hydrogen) atoms. The number of fused-ring (bicyclic) bond motifs is 1. The van der Waals surface area contributed by atoms with Crippen LogP contribution in [0.25, 0.3) is 0 Å². The summed E-state index contributed by atoms with van der Waals surface area (Å²) in [6.45, 7) is 5.21. The van der Waals surface area contributed by atoms with Gasteiger partial charge < -0.3 is 19.5 Å². The third kappa shape index (κ3) is 4.78. The average Bonchev–Trinajstić information content (AvgIpc) is 2.95. The number of rotatable bonds is 6. The molecule has 0 bridgehead atoms.